The fourth-order valence-electron chi connectivity index (χ4n) is 2.98. The second-order valence-corrected chi connectivity index (χ2v) is 8.75. The average Bonchev–Trinajstić information content (AvgIpc) is 3.09. The Bertz CT molecular complexity index is 1260. The maximum absolute atomic E-state index is 13.1. The third-order valence-corrected chi connectivity index (χ3v) is 6.25. The monoisotopic (exact) mass is 446 g/mol. The molecule has 4 aromatic rings. The minimum absolute atomic E-state index is 0.238. The predicted octanol–water partition coefficient (Wildman–Crippen LogP) is 3.86. The summed E-state index contributed by atoms with van der Waals surface area (Å²) >= 11 is 11.9. The van der Waals surface area contributed by atoms with Gasteiger partial charge < -0.3 is 0 Å². The Labute approximate surface area is 179 Å². The van der Waals surface area contributed by atoms with Crippen molar-refractivity contribution >= 4 is 39.5 Å². The molecule has 0 spiro atoms. The van der Waals surface area contributed by atoms with Gasteiger partial charge in [-0.05, 0) is 42.3 Å². The maximum atomic E-state index is 13.1. The molecule has 6 nitrogen and oxygen atoms in total. The van der Waals surface area contributed by atoms with Crippen molar-refractivity contribution in [3.05, 3.63) is 92.1 Å². The van der Waals surface area contributed by atoms with Crippen LogP contribution in [0, 0.1) is 6.92 Å². The number of fused-ring (bicyclic) bond motifs is 1. The molecule has 0 radical (unpaired) electrons. The van der Waals surface area contributed by atoms with Crippen molar-refractivity contribution in [3.63, 3.8) is 0 Å². The van der Waals surface area contributed by atoms with Gasteiger partial charge in [-0.2, -0.15) is 0 Å². The van der Waals surface area contributed by atoms with Gasteiger partial charge in [0.2, 0.25) is 5.16 Å². The van der Waals surface area contributed by atoms with Gasteiger partial charge >= 0.3 is 0 Å². The highest BCUT2D eigenvalue weighted by Crippen LogP contribution is 2.16. The highest BCUT2D eigenvalue weighted by molar-refractivity contribution is 7.84. The zero-order valence-electron chi connectivity index (χ0n) is 15.4. The molecule has 1 atom stereocenters. The molecule has 0 N–H and O–H groups in total. The first-order chi connectivity index (χ1) is 13.9. The molecule has 0 saturated heterocycles. The van der Waals surface area contributed by atoms with Gasteiger partial charge in [0.15, 0.2) is 0 Å². The van der Waals surface area contributed by atoms with E-state index in [4.69, 9.17) is 23.2 Å². The molecule has 0 saturated carbocycles. The molecule has 4 rings (SSSR count). The molecule has 148 valence electrons. The van der Waals surface area contributed by atoms with Crippen molar-refractivity contribution in [1.82, 2.24) is 19.2 Å². The van der Waals surface area contributed by atoms with E-state index in [0.717, 1.165) is 11.1 Å². The first kappa shape index (κ1) is 19.8. The summed E-state index contributed by atoms with van der Waals surface area (Å²) in [4.78, 5) is 17.2. The SMILES string of the molecule is Cc1ncn2c(S(=O)Cc3ccc(Cl)cc3)nn(Cc3ccc(Cl)cc3)c(=O)c12. The third-order valence-electron chi connectivity index (χ3n) is 4.46. The van der Waals surface area contributed by atoms with Gasteiger partial charge in [-0.25, -0.2) is 9.67 Å². The van der Waals surface area contributed by atoms with E-state index in [2.05, 4.69) is 10.1 Å². The van der Waals surface area contributed by atoms with E-state index in [1.807, 2.05) is 24.3 Å². The smallest absolute Gasteiger partial charge is 0.269 e. The molecule has 0 bridgehead atoms. The summed E-state index contributed by atoms with van der Waals surface area (Å²) in [5.41, 5.74) is 2.36. The average molecular weight is 447 g/mol. The lowest BCUT2D eigenvalue weighted by molar-refractivity contribution is 0.572. The van der Waals surface area contributed by atoms with E-state index in [0.29, 0.717) is 21.3 Å². The van der Waals surface area contributed by atoms with Crippen LogP contribution >= 0.6 is 23.2 Å². The fourth-order valence-corrected chi connectivity index (χ4v) is 4.40. The molecule has 2 aromatic heterocycles. The Morgan fingerprint density at radius 1 is 0.966 bits per heavy atom. The van der Waals surface area contributed by atoms with Crippen LogP contribution in [0.25, 0.3) is 5.52 Å². The number of aromatic nitrogens is 4. The highest BCUT2D eigenvalue weighted by Gasteiger charge is 2.18. The molecule has 29 heavy (non-hydrogen) atoms. The summed E-state index contributed by atoms with van der Waals surface area (Å²) in [7, 11) is -1.49. The number of aryl methyl sites for hydroxylation is 1. The molecule has 9 heteroatoms. The van der Waals surface area contributed by atoms with E-state index in [-0.39, 0.29) is 23.0 Å². The quantitative estimate of drug-likeness (QED) is 0.466. The number of halogens is 2. The minimum Gasteiger partial charge on any atom is -0.269 e. The van der Waals surface area contributed by atoms with Crippen LogP contribution in [0.15, 0.2) is 64.8 Å². The fraction of sp³-hybridized carbons (Fsp3) is 0.150. The van der Waals surface area contributed by atoms with Crippen LogP contribution in [0.3, 0.4) is 0 Å². The topological polar surface area (TPSA) is 69.3 Å². The molecule has 2 heterocycles. The normalized spacial score (nSPS) is 12.4. The third kappa shape index (κ3) is 4.12. The molecule has 0 aliphatic heterocycles. The molecule has 1 unspecified atom stereocenters. The highest BCUT2D eigenvalue weighted by atomic mass is 35.5. The molecule has 0 aliphatic rings. The van der Waals surface area contributed by atoms with E-state index in [1.54, 1.807) is 31.2 Å². The Hall–Kier alpha value is -2.48. The van der Waals surface area contributed by atoms with Crippen LogP contribution in [0.1, 0.15) is 16.8 Å². The van der Waals surface area contributed by atoms with Crippen LogP contribution in [-0.2, 0) is 23.1 Å². The maximum Gasteiger partial charge on any atom is 0.293 e. The van der Waals surface area contributed by atoms with Crippen molar-refractivity contribution < 1.29 is 4.21 Å². The van der Waals surface area contributed by atoms with Crippen LogP contribution in [0.4, 0.5) is 0 Å². The van der Waals surface area contributed by atoms with E-state index in [1.165, 1.54) is 15.4 Å². The first-order valence-corrected chi connectivity index (χ1v) is 10.8. The minimum atomic E-state index is -1.49. The second-order valence-electron chi connectivity index (χ2n) is 6.54. The molecule has 0 fully saturated rings. The molecular weight excluding hydrogens is 431 g/mol. The van der Waals surface area contributed by atoms with Crippen LogP contribution < -0.4 is 5.56 Å². The number of nitrogens with zero attached hydrogens (tertiary/aromatic N) is 4. The number of imidazole rings is 1. The van der Waals surface area contributed by atoms with Crippen LogP contribution in [-0.4, -0.2) is 23.4 Å². The lowest BCUT2D eigenvalue weighted by atomic mass is 10.2. The molecular formula is C20H16Cl2N4O2S. The number of benzene rings is 2. The summed E-state index contributed by atoms with van der Waals surface area (Å²) in [6.45, 7) is 1.98. The summed E-state index contributed by atoms with van der Waals surface area (Å²) in [6, 6.07) is 14.3. The summed E-state index contributed by atoms with van der Waals surface area (Å²) in [5.74, 6) is 0.246. The Morgan fingerprint density at radius 2 is 1.55 bits per heavy atom. The number of rotatable bonds is 5. The van der Waals surface area contributed by atoms with Crippen molar-refractivity contribution in [3.8, 4) is 0 Å². The zero-order chi connectivity index (χ0) is 20.5. The largest absolute Gasteiger partial charge is 0.293 e. The van der Waals surface area contributed by atoms with Crippen LogP contribution in [0.5, 0.6) is 0 Å². The standard InChI is InChI=1S/C20H16Cl2N4O2S/c1-13-18-19(27)26(10-14-2-6-16(21)7-3-14)24-20(25(18)12-23-13)29(28)11-15-4-8-17(22)9-5-15/h2-9,12H,10-11H2,1H3. The number of hydrogen-bond acceptors (Lipinski definition) is 4. The van der Waals surface area contributed by atoms with Gasteiger partial charge in [0, 0.05) is 10.0 Å². The first-order valence-electron chi connectivity index (χ1n) is 8.74. The Morgan fingerprint density at radius 3 is 2.17 bits per heavy atom. The molecule has 0 aliphatic carbocycles. The Balaban J connectivity index is 1.77. The van der Waals surface area contributed by atoms with E-state index >= 15 is 0 Å². The van der Waals surface area contributed by atoms with Crippen molar-refractivity contribution in [1.29, 1.82) is 0 Å². The summed E-state index contributed by atoms with van der Waals surface area (Å²) in [6.07, 6.45) is 1.49. The predicted molar refractivity (Wildman–Crippen MR) is 114 cm³/mol. The van der Waals surface area contributed by atoms with Gasteiger partial charge in [0.05, 0.1) is 28.8 Å². The van der Waals surface area contributed by atoms with Gasteiger partial charge in [-0.15, -0.1) is 5.10 Å². The van der Waals surface area contributed by atoms with Crippen molar-refractivity contribution in [2.45, 2.75) is 24.4 Å². The number of hydrogen-bond donors (Lipinski definition) is 0. The second kappa shape index (κ2) is 8.10. The van der Waals surface area contributed by atoms with Crippen molar-refractivity contribution in [2.24, 2.45) is 0 Å². The van der Waals surface area contributed by atoms with Gasteiger partial charge in [0.1, 0.15) is 11.8 Å². The van der Waals surface area contributed by atoms with E-state index in [9.17, 15) is 9.00 Å². The summed E-state index contributed by atoms with van der Waals surface area (Å²) < 4.78 is 16.0. The van der Waals surface area contributed by atoms with Gasteiger partial charge in [-0.1, -0.05) is 47.5 Å². The van der Waals surface area contributed by atoms with Gasteiger partial charge in [-0.3, -0.25) is 13.4 Å². The Kier molecular flexibility index (Phi) is 5.54. The zero-order valence-corrected chi connectivity index (χ0v) is 17.7. The van der Waals surface area contributed by atoms with Crippen LogP contribution in [0.2, 0.25) is 10.0 Å². The molecule has 2 aromatic carbocycles. The summed E-state index contributed by atoms with van der Waals surface area (Å²) in [5, 5.41) is 5.91. The van der Waals surface area contributed by atoms with Crippen molar-refractivity contribution in [2.75, 3.05) is 0 Å². The van der Waals surface area contributed by atoms with E-state index < -0.39 is 10.8 Å². The lowest BCUT2D eigenvalue weighted by Crippen LogP contribution is -2.28. The molecule has 0 amide bonds. The lowest BCUT2D eigenvalue weighted by Gasteiger charge is -2.10. The van der Waals surface area contributed by atoms with Gasteiger partial charge in [0.25, 0.3) is 5.56 Å².